The van der Waals surface area contributed by atoms with Crippen LogP contribution in [0.15, 0.2) is 30.3 Å². The second-order valence-electron chi connectivity index (χ2n) is 5.57. The molecule has 0 spiro atoms. The van der Waals surface area contributed by atoms with Crippen LogP contribution in [0.2, 0.25) is 0 Å². The van der Waals surface area contributed by atoms with E-state index >= 15 is 0 Å². The molecule has 0 aliphatic carbocycles. The van der Waals surface area contributed by atoms with Crippen LogP contribution in [-0.4, -0.2) is 34.6 Å². The number of nitrogens with zero attached hydrogens (tertiary/aromatic N) is 1. The van der Waals surface area contributed by atoms with E-state index in [1.165, 1.54) is 6.08 Å². The minimum atomic E-state index is -0.996. The third kappa shape index (κ3) is 4.08. The Bertz CT molecular complexity index is 568. The minimum absolute atomic E-state index is 0.105. The minimum Gasteiger partial charge on any atom is -0.478 e. The largest absolute Gasteiger partial charge is 0.478 e. The molecule has 1 aliphatic rings. The quantitative estimate of drug-likeness (QED) is 0.840. The van der Waals surface area contributed by atoms with Gasteiger partial charge in [-0.3, -0.25) is 0 Å². The summed E-state index contributed by atoms with van der Waals surface area (Å²) in [7, 11) is 0. The van der Waals surface area contributed by atoms with Crippen LogP contribution in [0.25, 0.3) is 6.08 Å². The van der Waals surface area contributed by atoms with Crippen molar-refractivity contribution >= 4 is 23.8 Å². The first-order chi connectivity index (χ1) is 9.95. The molecular weight excluding hydrogens is 268 g/mol. The van der Waals surface area contributed by atoms with E-state index in [4.69, 9.17) is 5.11 Å². The van der Waals surface area contributed by atoms with Crippen molar-refractivity contribution in [2.75, 3.05) is 11.9 Å². The highest BCUT2D eigenvalue weighted by Gasteiger charge is 2.29. The summed E-state index contributed by atoms with van der Waals surface area (Å²) in [4.78, 5) is 24.6. The lowest BCUT2D eigenvalue weighted by atomic mass is 10.1. The number of rotatable bonds is 3. The van der Waals surface area contributed by atoms with Crippen LogP contribution in [0.3, 0.4) is 0 Å². The predicted molar refractivity (Wildman–Crippen MR) is 82.1 cm³/mol. The van der Waals surface area contributed by atoms with Gasteiger partial charge in [-0.2, -0.15) is 0 Å². The van der Waals surface area contributed by atoms with E-state index in [9.17, 15) is 9.59 Å². The second kappa shape index (κ2) is 6.43. The van der Waals surface area contributed by atoms with Crippen molar-refractivity contribution in [3.63, 3.8) is 0 Å². The first-order valence-corrected chi connectivity index (χ1v) is 7.04. The number of urea groups is 1. The molecule has 1 saturated heterocycles. The van der Waals surface area contributed by atoms with Crippen molar-refractivity contribution in [3.05, 3.63) is 35.9 Å². The molecule has 2 N–H and O–H groups in total. The zero-order valence-electron chi connectivity index (χ0n) is 12.2. The second-order valence-corrected chi connectivity index (χ2v) is 5.57. The van der Waals surface area contributed by atoms with Gasteiger partial charge in [-0.05, 0) is 43.0 Å². The molecule has 5 nitrogen and oxygen atoms in total. The summed E-state index contributed by atoms with van der Waals surface area (Å²) < 4.78 is 0. The van der Waals surface area contributed by atoms with Crippen molar-refractivity contribution in [3.8, 4) is 0 Å². The number of benzene rings is 1. The standard InChI is InChI=1S/C16H20N2O3/c1-11-8-12(2)18(10-11)16(21)17-14-5-3-4-13(9-14)6-7-15(19)20/h3-7,9,11-12H,8,10H2,1-2H3,(H,17,21)(H,19,20)/b7-6+. The summed E-state index contributed by atoms with van der Waals surface area (Å²) in [6.45, 7) is 4.96. The molecule has 0 bridgehead atoms. The van der Waals surface area contributed by atoms with Crippen molar-refractivity contribution in [1.29, 1.82) is 0 Å². The first-order valence-electron chi connectivity index (χ1n) is 7.04. The molecule has 2 rings (SSSR count). The Kier molecular flexibility index (Phi) is 4.62. The third-order valence-corrected chi connectivity index (χ3v) is 3.60. The molecular formula is C16H20N2O3. The summed E-state index contributed by atoms with van der Waals surface area (Å²) in [5.74, 6) is -0.472. The number of likely N-dealkylation sites (tertiary alicyclic amines) is 1. The van der Waals surface area contributed by atoms with Gasteiger partial charge in [0, 0.05) is 24.4 Å². The molecule has 1 aromatic rings. The fourth-order valence-electron chi connectivity index (χ4n) is 2.67. The van der Waals surface area contributed by atoms with Gasteiger partial charge in [0.1, 0.15) is 0 Å². The third-order valence-electron chi connectivity index (χ3n) is 3.60. The van der Waals surface area contributed by atoms with Crippen molar-refractivity contribution in [2.24, 2.45) is 5.92 Å². The van der Waals surface area contributed by atoms with Crippen LogP contribution >= 0.6 is 0 Å². The van der Waals surface area contributed by atoms with Gasteiger partial charge in [-0.15, -0.1) is 0 Å². The molecule has 0 aromatic heterocycles. The SMILES string of the molecule is CC1CC(C)N(C(=O)Nc2cccc(/C=C/C(=O)O)c2)C1. The Morgan fingerprint density at radius 1 is 1.38 bits per heavy atom. The summed E-state index contributed by atoms with van der Waals surface area (Å²) in [6, 6.07) is 7.26. The Morgan fingerprint density at radius 2 is 2.14 bits per heavy atom. The lowest BCUT2D eigenvalue weighted by molar-refractivity contribution is -0.131. The van der Waals surface area contributed by atoms with Crippen molar-refractivity contribution in [1.82, 2.24) is 4.90 Å². The monoisotopic (exact) mass is 288 g/mol. The highest BCUT2D eigenvalue weighted by molar-refractivity contribution is 5.90. The molecule has 0 radical (unpaired) electrons. The molecule has 112 valence electrons. The number of anilines is 1. The highest BCUT2D eigenvalue weighted by atomic mass is 16.4. The lowest BCUT2D eigenvalue weighted by Gasteiger charge is -2.22. The topological polar surface area (TPSA) is 69.6 Å². The maximum atomic E-state index is 12.3. The van der Waals surface area contributed by atoms with Crippen molar-refractivity contribution in [2.45, 2.75) is 26.3 Å². The number of nitrogens with one attached hydrogen (secondary N) is 1. The fraction of sp³-hybridized carbons (Fsp3) is 0.375. The van der Waals surface area contributed by atoms with Crippen LogP contribution in [0.4, 0.5) is 10.5 Å². The Hall–Kier alpha value is -2.30. The Balaban J connectivity index is 2.04. The number of carboxylic acid groups (broad SMARTS) is 1. The average Bonchev–Trinajstić information content (AvgIpc) is 2.76. The fourth-order valence-corrected chi connectivity index (χ4v) is 2.67. The van der Waals surface area contributed by atoms with E-state index in [2.05, 4.69) is 19.2 Å². The Morgan fingerprint density at radius 3 is 2.76 bits per heavy atom. The molecule has 21 heavy (non-hydrogen) atoms. The van der Waals surface area contributed by atoms with Gasteiger partial charge >= 0.3 is 12.0 Å². The maximum absolute atomic E-state index is 12.3. The zero-order chi connectivity index (χ0) is 15.4. The van der Waals surface area contributed by atoms with E-state index in [-0.39, 0.29) is 12.1 Å². The molecule has 2 unspecified atom stereocenters. The first kappa shape index (κ1) is 15.1. The van der Waals surface area contributed by atoms with Crippen LogP contribution < -0.4 is 5.32 Å². The maximum Gasteiger partial charge on any atom is 0.328 e. The summed E-state index contributed by atoms with van der Waals surface area (Å²) in [6.07, 6.45) is 3.60. The van der Waals surface area contributed by atoms with Gasteiger partial charge in [0.25, 0.3) is 0 Å². The van der Waals surface area contributed by atoms with Crippen LogP contribution in [0, 0.1) is 5.92 Å². The van der Waals surface area contributed by atoms with E-state index in [0.29, 0.717) is 11.6 Å². The number of aliphatic carboxylic acids is 1. The van der Waals surface area contributed by atoms with Gasteiger partial charge in [0.2, 0.25) is 0 Å². The van der Waals surface area contributed by atoms with Crippen molar-refractivity contribution < 1.29 is 14.7 Å². The molecule has 2 amide bonds. The van der Waals surface area contributed by atoms with Gasteiger partial charge in [0.05, 0.1) is 0 Å². The summed E-state index contributed by atoms with van der Waals surface area (Å²) in [5.41, 5.74) is 1.40. The number of amides is 2. The van der Waals surface area contributed by atoms with E-state index in [0.717, 1.165) is 24.6 Å². The number of hydrogen-bond donors (Lipinski definition) is 2. The molecule has 0 saturated carbocycles. The molecule has 1 fully saturated rings. The van der Waals surface area contributed by atoms with Crippen LogP contribution in [-0.2, 0) is 4.79 Å². The number of hydrogen-bond acceptors (Lipinski definition) is 2. The number of carboxylic acids is 1. The predicted octanol–water partition coefficient (Wildman–Crippen LogP) is 3.05. The number of carbonyl (C=O) groups excluding carboxylic acids is 1. The van der Waals surface area contributed by atoms with Crippen LogP contribution in [0.1, 0.15) is 25.8 Å². The van der Waals surface area contributed by atoms with Gasteiger partial charge in [0.15, 0.2) is 0 Å². The average molecular weight is 288 g/mol. The molecule has 1 aromatic carbocycles. The number of carbonyl (C=O) groups is 2. The van der Waals surface area contributed by atoms with Gasteiger partial charge in [-0.25, -0.2) is 9.59 Å². The smallest absolute Gasteiger partial charge is 0.328 e. The molecule has 5 heteroatoms. The summed E-state index contributed by atoms with van der Waals surface area (Å²) in [5, 5.41) is 11.5. The van der Waals surface area contributed by atoms with E-state index in [1.807, 2.05) is 4.90 Å². The molecule has 2 atom stereocenters. The Labute approximate surface area is 124 Å². The molecule has 1 aliphatic heterocycles. The zero-order valence-corrected chi connectivity index (χ0v) is 12.2. The van der Waals surface area contributed by atoms with E-state index in [1.54, 1.807) is 24.3 Å². The lowest BCUT2D eigenvalue weighted by Crippen LogP contribution is -2.37. The normalized spacial score (nSPS) is 21.7. The van der Waals surface area contributed by atoms with E-state index < -0.39 is 5.97 Å². The molecule has 1 heterocycles. The summed E-state index contributed by atoms with van der Waals surface area (Å²) >= 11 is 0. The van der Waals surface area contributed by atoms with Gasteiger partial charge < -0.3 is 15.3 Å². The van der Waals surface area contributed by atoms with Crippen LogP contribution in [0.5, 0.6) is 0 Å². The van der Waals surface area contributed by atoms with Gasteiger partial charge in [-0.1, -0.05) is 19.1 Å². The highest BCUT2D eigenvalue weighted by Crippen LogP contribution is 2.23.